The van der Waals surface area contributed by atoms with E-state index in [-0.39, 0.29) is 24.8 Å². The number of carbonyl (C=O) groups excluding carboxylic acids is 3. The molecule has 1 amide bonds. The first-order valence-electron chi connectivity index (χ1n) is 6.21. The van der Waals surface area contributed by atoms with Crippen molar-refractivity contribution < 1.29 is 19.1 Å². The van der Waals surface area contributed by atoms with E-state index >= 15 is 0 Å². The van der Waals surface area contributed by atoms with Gasteiger partial charge in [0.2, 0.25) is 5.91 Å². The standard InChI is InChI=1S/C13H19NO4/c1-4-5-8(2)14-11(15)7-6-10-9(3)12(16)18-13(10)17/h8H,4-7H2,1-3H3,(H,14,15). The van der Waals surface area contributed by atoms with Gasteiger partial charge in [0.25, 0.3) is 0 Å². The molecule has 100 valence electrons. The van der Waals surface area contributed by atoms with Gasteiger partial charge in [-0.15, -0.1) is 0 Å². The molecule has 0 fully saturated rings. The van der Waals surface area contributed by atoms with Gasteiger partial charge in [0.05, 0.1) is 0 Å². The average Bonchev–Trinajstić information content (AvgIpc) is 2.51. The Labute approximate surface area is 107 Å². The van der Waals surface area contributed by atoms with E-state index in [1.54, 1.807) is 6.92 Å². The van der Waals surface area contributed by atoms with E-state index in [1.165, 1.54) is 0 Å². The topological polar surface area (TPSA) is 72.5 Å². The van der Waals surface area contributed by atoms with Crippen LogP contribution in [0.4, 0.5) is 0 Å². The van der Waals surface area contributed by atoms with Crippen LogP contribution in [0.1, 0.15) is 46.5 Å². The van der Waals surface area contributed by atoms with E-state index in [1.807, 2.05) is 6.92 Å². The smallest absolute Gasteiger partial charge is 0.342 e. The van der Waals surface area contributed by atoms with Crippen molar-refractivity contribution in [1.82, 2.24) is 5.32 Å². The number of esters is 2. The maximum absolute atomic E-state index is 11.6. The highest BCUT2D eigenvalue weighted by Crippen LogP contribution is 2.21. The number of rotatable bonds is 6. The minimum Gasteiger partial charge on any atom is -0.386 e. The first-order valence-corrected chi connectivity index (χ1v) is 6.21. The maximum Gasteiger partial charge on any atom is 0.342 e. The molecule has 0 bridgehead atoms. The van der Waals surface area contributed by atoms with Crippen LogP contribution in [-0.4, -0.2) is 23.9 Å². The molecule has 0 aromatic heterocycles. The lowest BCUT2D eigenvalue weighted by Crippen LogP contribution is -2.32. The van der Waals surface area contributed by atoms with Crippen LogP contribution < -0.4 is 5.32 Å². The predicted octanol–water partition coefficient (Wildman–Crippen LogP) is 1.47. The number of hydrogen-bond donors (Lipinski definition) is 1. The van der Waals surface area contributed by atoms with Gasteiger partial charge in [-0.3, -0.25) is 4.79 Å². The monoisotopic (exact) mass is 253 g/mol. The van der Waals surface area contributed by atoms with Crippen LogP contribution in [0.5, 0.6) is 0 Å². The Morgan fingerprint density at radius 2 is 2.00 bits per heavy atom. The van der Waals surface area contributed by atoms with Gasteiger partial charge < -0.3 is 10.1 Å². The van der Waals surface area contributed by atoms with E-state index in [4.69, 9.17) is 0 Å². The Balaban J connectivity index is 2.44. The Morgan fingerprint density at radius 1 is 1.33 bits per heavy atom. The lowest BCUT2D eigenvalue weighted by Gasteiger charge is -2.12. The van der Waals surface area contributed by atoms with Crippen LogP contribution in [-0.2, 0) is 19.1 Å². The van der Waals surface area contributed by atoms with Crippen LogP contribution in [0.3, 0.4) is 0 Å². The summed E-state index contributed by atoms with van der Waals surface area (Å²) in [4.78, 5) is 34.0. The minimum atomic E-state index is -0.619. The van der Waals surface area contributed by atoms with Gasteiger partial charge in [0, 0.05) is 23.6 Å². The molecule has 0 aromatic carbocycles. The number of carbonyl (C=O) groups is 3. The second-order valence-electron chi connectivity index (χ2n) is 4.54. The highest BCUT2D eigenvalue weighted by Gasteiger charge is 2.29. The largest absolute Gasteiger partial charge is 0.386 e. The molecule has 1 unspecified atom stereocenters. The van der Waals surface area contributed by atoms with Crippen molar-refractivity contribution in [1.29, 1.82) is 0 Å². The third-order valence-corrected chi connectivity index (χ3v) is 2.92. The lowest BCUT2D eigenvalue weighted by molar-refractivity contribution is -0.151. The molecule has 0 spiro atoms. The van der Waals surface area contributed by atoms with Crippen molar-refractivity contribution in [2.24, 2.45) is 0 Å². The summed E-state index contributed by atoms with van der Waals surface area (Å²) < 4.78 is 4.45. The van der Waals surface area contributed by atoms with Gasteiger partial charge in [-0.2, -0.15) is 0 Å². The molecule has 1 aliphatic rings. The zero-order valence-electron chi connectivity index (χ0n) is 11.0. The lowest BCUT2D eigenvalue weighted by atomic mass is 10.1. The first-order chi connectivity index (χ1) is 8.45. The van der Waals surface area contributed by atoms with Crippen molar-refractivity contribution in [3.05, 3.63) is 11.1 Å². The summed E-state index contributed by atoms with van der Waals surface area (Å²) in [6.45, 7) is 5.54. The van der Waals surface area contributed by atoms with Gasteiger partial charge in [0.15, 0.2) is 0 Å². The summed E-state index contributed by atoms with van der Waals surface area (Å²) in [5.74, 6) is -1.33. The van der Waals surface area contributed by atoms with Crippen LogP contribution in [0.25, 0.3) is 0 Å². The number of cyclic esters (lactones) is 2. The molecular weight excluding hydrogens is 234 g/mol. The highest BCUT2D eigenvalue weighted by molar-refractivity contribution is 6.12. The van der Waals surface area contributed by atoms with Gasteiger partial charge in [0.1, 0.15) is 0 Å². The zero-order chi connectivity index (χ0) is 13.7. The molecule has 0 radical (unpaired) electrons. The van der Waals surface area contributed by atoms with E-state index in [0.29, 0.717) is 11.1 Å². The first kappa shape index (κ1) is 14.4. The van der Waals surface area contributed by atoms with Crippen molar-refractivity contribution in [3.63, 3.8) is 0 Å². The fraction of sp³-hybridized carbons (Fsp3) is 0.615. The van der Waals surface area contributed by atoms with Gasteiger partial charge >= 0.3 is 11.9 Å². The summed E-state index contributed by atoms with van der Waals surface area (Å²) in [7, 11) is 0. The summed E-state index contributed by atoms with van der Waals surface area (Å²) in [5.41, 5.74) is 0.632. The number of ether oxygens (including phenoxy) is 1. The molecule has 5 heteroatoms. The fourth-order valence-electron chi connectivity index (χ4n) is 1.88. The Morgan fingerprint density at radius 3 is 2.50 bits per heavy atom. The molecule has 1 rings (SSSR count). The quantitative estimate of drug-likeness (QED) is 0.574. The number of nitrogens with one attached hydrogen (secondary N) is 1. The summed E-state index contributed by atoms with van der Waals surface area (Å²) in [5, 5.41) is 2.85. The Hall–Kier alpha value is -1.65. The third-order valence-electron chi connectivity index (χ3n) is 2.92. The molecule has 0 saturated heterocycles. The second-order valence-corrected chi connectivity index (χ2v) is 4.54. The molecule has 1 atom stereocenters. The molecule has 5 nitrogen and oxygen atoms in total. The van der Waals surface area contributed by atoms with Crippen molar-refractivity contribution in [3.8, 4) is 0 Å². The summed E-state index contributed by atoms with van der Waals surface area (Å²) >= 11 is 0. The van der Waals surface area contributed by atoms with Gasteiger partial charge in [-0.05, 0) is 26.7 Å². The Kier molecular flexibility index (Phi) is 5.07. The SMILES string of the molecule is CCCC(C)NC(=O)CCC1=C(C)C(=O)OC1=O. The van der Waals surface area contributed by atoms with Gasteiger partial charge in [-0.1, -0.05) is 13.3 Å². The van der Waals surface area contributed by atoms with Crippen LogP contribution in [0, 0.1) is 0 Å². The van der Waals surface area contributed by atoms with Crippen molar-refractivity contribution in [2.45, 2.75) is 52.5 Å². The molecule has 18 heavy (non-hydrogen) atoms. The Bertz CT molecular complexity index is 398. The van der Waals surface area contributed by atoms with E-state index < -0.39 is 11.9 Å². The van der Waals surface area contributed by atoms with Crippen molar-refractivity contribution >= 4 is 17.8 Å². The second kappa shape index (κ2) is 6.33. The molecule has 1 heterocycles. The van der Waals surface area contributed by atoms with E-state index in [2.05, 4.69) is 17.0 Å². The molecule has 0 saturated carbocycles. The fourth-order valence-corrected chi connectivity index (χ4v) is 1.88. The maximum atomic E-state index is 11.6. The number of hydrogen-bond acceptors (Lipinski definition) is 4. The minimum absolute atomic E-state index is 0.108. The average molecular weight is 253 g/mol. The van der Waals surface area contributed by atoms with Crippen molar-refractivity contribution in [2.75, 3.05) is 0 Å². The van der Waals surface area contributed by atoms with E-state index in [0.717, 1.165) is 12.8 Å². The van der Waals surface area contributed by atoms with Crippen LogP contribution in [0.2, 0.25) is 0 Å². The molecule has 1 N–H and O–H groups in total. The molecule has 0 aromatic rings. The normalized spacial score (nSPS) is 16.8. The molecule has 1 aliphatic heterocycles. The summed E-state index contributed by atoms with van der Waals surface area (Å²) in [6, 6.07) is 0.134. The van der Waals surface area contributed by atoms with Crippen LogP contribution in [0.15, 0.2) is 11.1 Å². The van der Waals surface area contributed by atoms with Crippen LogP contribution >= 0.6 is 0 Å². The number of amides is 1. The molecule has 0 aliphatic carbocycles. The van der Waals surface area contributed by atoms with Gasteiger partial charge in [-0.25, -0.2) is 9.59 Å². The highest BCUT2D eigenvalue weighted by atomic mass is 16.6. The molecular formula is C13H19NO4. The third kappa shape index (κ3) is 3.68. The summed E-state index contributed by atoms with van der Waals surface area (Å²) in [6.07, 6.45) is 2.38. The zero-order valence-corrected chi connectivity index (χ0v) is 11.0. The predicted molar refractivity (Wildman–Crippen MR) is 65.5 cm³/mol. The van der Waals surface area contributed by atoms with E-state index in [9.17, 15) is 14.4 Å².